The molecule has 0 bridgehead atoms. The number of hydrogen-bond acceptors (Lipinski definition) is 4. The number of imidazole rings is 1. The highest BCUT2D eigenvalue weighted by Crippen LogP contribution is 2.33. The molecule has 0 N–H and O–H groups in total. The van der Waals surface area contributed by atoms with Crippen molar-refractivity contribution in [1.29, 1.82) is 0 Å². The number of aryl methyl sites for hydroxylation is 1. The normalized spacial score (nSPS) is 11.3. The van der Waals surface area contributed by atoms with Crippen molar-refractivity contribution < 1.29 is 4.74 Å². The lowest BCUT2D eigenvalue weighted by atomic mass is 10.1. The molecule has 0 aliphatic rings. The lowest BCUT2D eigenvalue weighted by Gasteiger charge is -2.04. The molecule has 4 aromatic rings. The maximum absolute atomic E-state index is 5.53. The van der Waals surface area contributed by atoms with E-state index in [1.165, 1.54) is 5.56 Å². The Bertz CT molecular complexity index is 1080. The fraction of sp³-hybridized carbons (Fsp3) is 0.136. The molecule has 2 heterocycles. The monoisotopic (exact) mass is 356 g/mol. The van der Waals surface area contributed by atoms with Crippen LogP contribution in [0, 0.1) is 6.92 Å². The molecule has 2 aromatic carbocycles. The van der Waals surface area contributed by atoms with Crippen LogP contribution >= 0.6 is 0 Å². The third-order valence-electron chi connectivity index (χ3n) is 4.24. The number of ether oxygens (including phenoxy) is 1. The smallest absolute Gasteiger partial charge is 0.187 e. The molecule has 5 nitrogen and oxygen atoms in total. The molecule has 0 radical (unpaired) electrons. The molecule has 0 spiro atoms. The first-order chi connectivity index (χ1) is 13.2. The van der Waals surface area contributed by atoms with Crippen molar-refractivity contribution >= 4 is 17.2 Å². The second kappa shape index (κ2) is 7.41. The summed E-state index contributed by atoms with van der Waals surface area (Å²) in [6.07, 6.45) is 1.95. The molecule has 134 valence electrons. The highest BCUT2D eigenvalue weighted by Gasteiger charge is 2.14. The van der Waals surface area contributed by atoms with Crippen LogP contribution in [0.15, 0.2) is 83.2 Å². The molecule has 0 aliphatic carbocycles. The quantitative estimate of drug-likeness (QED) is 0.404. The Morgan fingerprint density at radius 3 is 2.44 bits per heavy atom. The van der Waals surface area contributed by atoms with Gasteiger partial charge in [0.05, 0.1) is 12.3 Å². The van der Waals surface area contributed by atoms with E-state index in [1.54, 1.807) is 0 Å². The van der Waals surface area contributed by atoms with E-state index >= 15 is 0 Å². The average molecular weight is 356 g/mol. The van der Waals surface area contributed by atoms with Crippen LogP contribution in [-0.2, 0) is 0 Å². The van der Waals surface area contributed by atoms with Gasteiger partial charge in [-0.2, -0.15) is 0 Å². The van der Waals surface area contributed by atoms with Crippen LogP contribution in [0.1, 0.15) is 12.5 Å². The van der Waals surface area contributed by atoms with Crippen LogP contribution in [-0.4, -0.2) is 16.0 Å². The van der Waals surface area contributed by atoms with Crippen molar-refractivity contribution in [3.05, 3.63) is 78.5 Å². The standard InChI is InChI=1S/C22H20N4O/c1-3-27-19-13-9-17(10-14-19)21-22(26-15-5-4-6-20(26)23-21)25-24-18-11-7-16(2)8-12-18/h4-15H,3H2,1-2H3. The lowest BCUT2D eigenvalue weighted by Crippen LogP contribution is -1.90. The molecule has 0 unspecified atom stereocenters. The van der Waals surface area contributed by atoms with Gasteiger partial charge in [-0.1, -0.05) is 23.8 Å². The Balaban J connectivity index is 1.78. The molecular weight excluding hydrogens is 336 g/mol. The van der Waals surface area contributed by atoms with Gasteiger partial charge in [0.25, 0.3) is 0 Å². The van der Waals surface area contributed by atoms with E-state index in [1.807, 2.05) is 84.3 Å². The number of aromatic nitrogens is 2. The molecular formula is C22H20N4O. The van der Waals surface area contributed by atoms with Crippen molar-refractivity contribution in [3.8, 4) is 17.0 Å². The van der Waals surface area contributed by atoms with E-state index in [9.17, 15) is 0 Å². The second-order valence-electron chi connectivity index (χ2n) is 6.21. The third kappa shape index (κ3) is 3.58. The number of benzene rings is 2. The summed E-state index contributed by atoms with van der Waals surface area (Å²) in [6.45, 7) is 4.67. The van der Waals surface area contributed by atoms with E-state index in [0.717, 1.165) is 28.3 Å². The minimum Gasteiger partial charge on any atom is -0.494 e. The maximum Gasteiger partial charge on any atom is 0.187 e. The molecule has 0 saturated heterocycles. The number of fused-ring (bicyclic) bond motifs is 1. The number of nitrogens with zero attached hydrogens (tertiary/aromatic N) is 4. The van der Waals surface area contributed by atoms with E-state index < -0.39 is 0 Å². The molecule has 5 heteroatoms. The molecule has 4 rings (SSSR count). The maximum atomic E-state index is 5.53. The molecule has 2 aromatic heterocycles. The summed E-state index contributed by atoms with van der Waals surface area (Å²) in [7, 11) is 0. The van der Waals surface area contributed by atoms with Crippen LogP contribution in [0.3, 0.4) is 0 Å². The second-order valence-corrected chi connectivity index (χ2v) is 6.21. The molecule has 0 fully saturated rings. The Morgan fingerprint density at radius 1 is 0.926 bits per heavy atom. The Kier molecular flexibility index (Phi) is 4.66. The van der Waals surface area contributed by atoms with E-state index in [-0.39, 0.29) is 0 Å². The zero-order valence-electron chi connectivity index (χ0n) is 15.3. The minimum absolute atomic E-state index is 0.643. The van der Waals surface area contributed by atoms with Gasteiger partial charge in [-0.25, -0.2) is 4.98 Å². The zero-order valence-corrected chi connectivity index (χ0v) is 15.3. The average Bonchev–Trinajstić information content (AvgIpc) is 3.07. The molecule has 0 saturated carbocycles. The van der Waals surface area contributed by atoms with Crippen molar-refractivity contribution in [2.45, 2.75) is 13.8 Å². The Hall–Kier alpha value is -3.47. The van der Waals surface area contributed by atoms with Crippen LogP contribution in [0.4, 0.5) is 11.5 Å². The summed E-state index contributed by atoms with van der Waals surface area (Å²) in [6, 6.07) is 21.7. The number of pyridine rings is 1. The Morgan fingerprint density at radius 2 is 1.70 bits per heavy atom. The van der Waals surface area contributed by atoms with Crippen molar-refractivity contribution in [2.24, 2.45) is 10.2 Å². The summed E-state index contributed by atoms with van der Waals surface area (Å²) < 4.78 is 7.48. The topological polar surface area (TPSA) is 51.2 Å². The summed E-state index contributed by atoms with van der Waals surface area (Å²) in [4.78, 5) is 4.75. The third-order valence-corrected chi connectivity index (χ3v) is 4.24. The lowest BCUT2D eigenvalue weighted by molar-refractivity contribution is 0.340. The number of rotatable bonds is 5. The van der Waals surface area contributed by atoms with E-state index in [2.05, 4.69) is 17.2 Å². The highest BCUT2D eigenvalue weighted by molar-refractivity contribution is 5.74. The zero-order chi connectivity index (χ0) is 18.6. The highest BCUT2D eigenvalue weighted by atomic mass is 16.5. The van der Waals surface area contributed by atoms with Crippen LogP contribution < -0.4 is 4.74 Å². The molecule has 0 amide bonds. The van der Waals surface area contributed by atoms with E-state index in [0.29, 0.717) is 12.4 Å². The van der Waals surface area contributed by atoms with Crippen molar-refractivity contribution in [3.63, 3.8) is 0 Å². The van der Waals surface area contributed by atoms with Gasteiger partial charge in [-0.05, 0) is 62.4 Å². The Labute approximate surface area is 158 Å². The first-order valence-corrected chi connectivity index (χ1v) is 8.93. The fourth-order valence-electron chi connectivity index (χ4n) is 2.86. The summed E-state index contributed by atoms with van der Waals surface area (Å²) in [5.74, 6) is 1.54. The van der Waals surface area contributed by atoms with Gasteiger partial charge in [0, 0.05) is 11.8 Å². The van der Waals surface area contributed by atoms with Gasteiger partial charge >= 0.3 is 0 Å². The predicted molar refractivity (Wildman–Crippen MR) is 107 cm³/mol. The fourth-order valence-corrected chi connectivity index (χ4v) is 2.86. The SMILES string of the molecule is CCOc1ccc(-c2nc3ccccn3c2N=Nc2ccc(C)cc2)cc1. The summed E-state index contributed by atoms with van der Waals surface area (Å²) in [5, 5.41) is 8.94. The molecule has 0 aliphatic heterocycles. The first kappa shape index (κ1) is 17.0. The van der Waals surface area contributed by atoms with E-state index in [4.69, 9.17) is 9.72 Å². The van der Waals surface area contributed by atoms with Gasteiger partial charge in [0.15, 0.2) is 5.82 Å². The number of azo groups is 1. The van der Waals surface area contributed by atoms with Gasteiger partial charge in [-0.3, -0.25) is 4.40 Å². The van der Waals surface area contributed by atoms with Gasteiger partial charge in [0.2, 0.25) is 0 Å². The van der Waals surface area contributed by atoms with Gasteiger partial charge in [0.1, 0.15) is 17.1 Å². The van der Waals surface area contributed by atoms with Gasteiger partial charge in [-0.15, -0.1) is 10.2 Å². The summed E-state index contributed by atoms with van der Waals surface area (Å²) >= 11 is 0. The molecule has 27 heavy (non-hydrogen) atoms. The first-order valence-electron chi connectivity index (χ1n) is 8.93. The minimum atomic E-state index is 0.643. The largest absolute Gasteiger partial charge is 0.494 e. The predicted octanol–water partition coefficient (Wildman–Crippen LogP) is 6.12. The summed E-state index contributed by atoms with van der Waals surface area (Å²) in [5.41, 5.74) is 4.60. The molecule has 0 atom stereocenters. The van der Waals surface area contributed by atoms with Gasteiger partial charge < -0.3 is 4.74 Å². The van der Waals surface area contributed by atoms with Crippen molar-refractivity contribution in [1.82, 2.24) is 9.38 Å². The number of hydrogen-bond donors (Lipinski definition) is 0. The van der Waals surface area contributed by atoms with Crippen LogP contribution in [0.2, 0.25) is 0 Å². The van der Waals surface area contributed by atoms with Crippen LogP contribution in [0.25, 0.3) is 16.9 Å². The van der Waals surface area contributed by atoms with Crippen LogP contribution in [0.5, 0.6) is 5.75 Å². The van der Waals surface area contributed by atoms with Crippen molar-refractivity contribution in [2.75, 3.05) is 6.61 Å².